The molecule has 2 aromatic rings. The molecule has 0 amide bonds. The maximum atomic E-state index is 9.95. The van der Waals surface area contributed by atoms with Crippen molar-refractivity contribution in [1.82, 2.24) is 0 Å². The smallest absolute Gasteiger partial charge is 0.193 e. The minimum Gasteiger partial charge on any atom is -0.386 e. The first-order chi connectivity index (χ1) is 9.54. The van der Waals surface area contributed by atoms with Crippen molar-refractivity contribution < 1.29 is 5.11 Å². The van der Waals surface area contributed by atoms with Crippen LogP contribution in [0, 0.1) is 6.92 Å². The second-order valence-electron chi connectivity index (χ2n) is 4.37. The summed E-state index contributed by atoms with van der Waals surface area (Å²) in [6.45, 7) is 2.21. The molecule has 1 aromatic heterocycles. The molecule has 1 aromatic carbocycles. The lowest BCUT2D eigenvalue weighted by Crippen LogP contribution is -2.23. The summed E-state index contributed by atoms with van der Waals surface area (Å²) >= 11 is 7.16. The summed E-state index contributed by atoms with van der Waals surface area (Å²) in [6, 6.07) is 11.4. The Labute approximate surface area is 150 Å². The van der Waals surface area contributed by atoms with Gasteiger partial charge in [0.1, 0.15) is 6.10 Å². The van der Waals surface area contributed by atoms with Gasteiger partial charge in [-0.15, -0.1) is 35.3 Å². The van der Waals surface area contributed by atoms with E-state index in [-0.39, 0.29) is 36.5 Å². The van der Waals surface area contributed by atoms with Crippen LogP contribution in [-0.4, -0.2) is 17.6 Å². The van der Waals surface area contributed by atoms with E-state index in [9.17, 15) is 5.11 Å². The number of halogens is 2. The molecule has 1 unspecified atom stereocenters. The van der Waals surface area contributed by atoms with Gasteiger partial charge in [-0.2, -0.15) is 0 Å². The van der Waals surface area contributed by atoms with Crippen LogP contribution in [0.3, 0.4) is 0 Å². The summed E-state index contributed by atoms with van der Waals surface area (Å²) in [5.41, 5.74) is 7.82. The van der Waals surface area contributed by atoms with E-state index in [1.807, 2.05) is 31.2 Å². The topological polar surface area (TPSA) is 70.6 Å². The standard InChI is InChI=1S/C14H16ClN3OS.HI/c1-9-2-4-10(5-3-9)18-14(16)17-8-11(19)12-6-7-13(15)20-12;/h2-7,11,19H,8H2,1H3,(H3,16,17,18);1H. The molecule has 1 atom stereocenters. The minimum absolute atomic E-state index is 0. The first kappa shape index (κ1) is 18.2. The summed E-state index contributed by atoms with van der Waals surface area (Å²) in [7, 11) is 0. The highest BCUT2D eigenvalue weighted by atomic mass is 127. The Kier molecular flexibility index (Phi) is 7.44. The first-order valence-corrected chi connectivity index (χ1v) is 7.31. The van der Waals surface area contributed by atoms with Crippen molar-refractivity contribution >= 4 is 58.6 Å². The fourth-order valence-corrected chi connectivity index (χ4v) is 2.64. The van der Waals surface area contributed by atoms with Gasteiger partial charge >= 0.3 is 0 Å². The molecule has 21 heavy (non-hydrogen) atoms. The predicted molar refractivity (Wildman–Crippen MR) is 101 cm³/mol. The van der Waals surface area contributed by atoms with Crippen LogP contribution in [-0.2, 0) is 0 Å². The molecule has 0 spiro atoms. The average Bonchev–Trinajstić information content (AvgIpc) is 2.85. The van der Waals surface area contributed by atoms with Gasteiger partial charge in [0.15, 0.2) is 5.96 Å². The van der Waals surface area contributed by atoms with Gasteiger partial charge in [0.05, 0.1) is 10.9 Å². The number of aliphatic imine (C=N–C) groups is 1. The van der Waals surface area contributed by atoms with Gasteiger partial charge in [0.2, 0.25) is 0 Å². The van der Waals surface area contributed by atoms with E-state index in [2.05, 4.69) is 10.3 Å². The number of aliphatic hydroxyl groups is 1. The molecule has 0 bridgehead atoms. The summed E-state index contributed by atoms with van der Waals surface area (Å²) in [5, 5.41) is 12.9. The number of nitrogens with zero attached hydrogens (tertiary/aromatic N) is 1. The van der Waals surface area contributed by atoms with Crippen LogP contribution in [0.4, 0.5) is 5.69 Å². The van der Waals surface area contributed by atoms with Gasteiger partial charge < -0.3 is 16.2 Å². The molecule has 4 N–H and O–H groups in total. The van der Waals surface area contributed by atoms with Crippen molar-refractivity contribution in [2.24, 2.45) is 10.7 Å². The number of nitrogens with two attached hydrogens (primary N) is 1. The molecule has 4 nitrogen and oxygen atoms in total. The predicted octanol–water partition coefficient (Wildman–Crippen LogP) is 3.79. The van der Waals surface area contributed by atoms with Gasteiger partial charge in [0.25, 0.3) is 0 Å². The van der Waals surface area contributed by atoms with Crippen molar-refractivity contribution in [3.05, 3.63) is 51.2 Å². The van der Waals surface area contributed by atoms with Crippen LogP contribution in [0.2, 0.25) is 4.34 Å². The second kappa shape index (κ2) is 8.57. The summed E-state index contributed by atoms with van der Waals surface area (Å²) in [6.07, 6.45) is -0.689. The normalized spacial score (nSPS) is 12.6. The molecule has 114 valence electrons. The number of hydrogen-bond acceptors (Lipinski definition) is 3. The molecule has 0 saturated carbocycles. The molecule has 0 aliphatic carbocycles. The number of guanidine groups is 1. The van der Waals surface area contributed by atoms with Crippen LogP contribution >= 0.6 is 46.9 Å². The third-order valence-corrected chi connectivity index (χ3v) is 4.01. The maximum absolute atomic E-state index is 9.95. The van der Waals surface area contributed by atoms with Crippen molar-refractivity contribution in [3.63, 3.8) is 0 Å². The van der Waals surface area contributed by atoms with Crippen LogP contribution in [0.1, 0.15) is 16.5 Å². The Bertz CT molecular complexity index is 601. The van der Waals surface area contributed by atoms with Gasteiger partial charge in [0, 0.05) is 10.6 Å². The van der Waals surface area contributed by atoms with Crippen LogP contribution in [0.5, 0.6) is 0 Å². The van der Waals surface area contributed by atoms with Crippen molar-refractivity contribution in [2.45, 2.75) is 13.0 Å². The van der Waals surface area contributed by atoms with Crippen molar-refractivity contribution in [2.75, 3.05) is 11.9 Å². The number of aliphatic hydroxyl groups excluding tert-OH is 1. The van der Waals surface area contributed by atoms with Gasteiger partial charge in [-0.05, 0) is 31.2 Å². The third-order valence-electron chi connectivity index (χ3n) is 2.68. The van der Waals surface area contributed by atoms with Crippen molar-refractivity contribution in [1.29, 1.82) is 0 Å². The maximum Gasteiger partial charge on any atom is 0.193 e. The lowest BCUT2D eigenvalue weighted by Gasteiger charge is -2.08. The van der Waals surface area contributed by atoms with Gasteiger partial charge in [-0.25, -0.2) is 0 Å². The molecule has 0 saturated heterocycles. The Morgan fingerprint density at radius 3 is 2.57 bits per heavy atom. The largest absolute Gasteiger partial charge is 0.386 e. The number of hydrogen-bond donors (Lipinski definition) is 3. The number of nitrogens with one attached hydrogen (secondary N) is 1. The van der Waals surface area contributed by atoms with Crippen LogP contribution < -0.4 is 11.1 Å². The fraction of sp³-hybridized carbons (Fsp3) is 0.214. The second-order valence-corrected chi connectivity index (χ2v) is 6.12. The van der Waals surface area contributed by atoms with E-state index in [1.54, 1.807) is 12.1 Å². The van der Waals surface area contributed by atoms with E-state index in [0.29, 0.717) is 4.34 Å². The summed E-state index contributed by atoms with van der Waals surface area (Å²) in [4.78, 5) is 4.90. The Morgan fingerprint density at radius 1 is 1.33 bits per heavy atom. The quantitative estimate of drug-likeness (QED) is 0.387. The SMILES string of the molecule is Cc1ccc(NC(N)=NCC(O)c2ccc(Cl)s2)cc1.I. The molecule has 0 radical (unpaired) electrons. The number of anilines is 1. The van der Waals surface area contributed by atoms with Crippen LogP contribution in [0.15, 0.2) is 41.4 Å². The minimum atomic E-state index is -0.689. The molecule has 7 heteroatoms. The highest BCUT2D eigenvalue weighted by Crippen LogP contribution is 2.26. The molecule has 2 rings (SSSR count). The number of benzene rings is 1. The number of aryl methyl sites for hydroxylation is 1. The monoisotopic (exact) mass is 437 g/mol. The average molecular weight is 438 g/mol. The highest BCUT2D eigenvalue weighted by molar-refractivity contribution is 14.0. The Morgan fingerprint density at radius 2 is 2.00 bits per heavy atom. The zero-order valence-corrected chi connectivity index (χ0v) is 15.3. The molecule has 0 aliphatic rings. The summed E-state index contributed by atoms with van der Waals surface area (Å²) in [5.74, 6) is 0.274. The number of rotatable bonds is 4. The van der Waals surface area contributed by atoms with E-state index in [4.69, 9.17) is 17.3 Å². The van der Waals surface area contributed by atoms with Gasteiger partial charge in [-0.3, -0.25) is 4.99 Å². The number of thiophene rings is 1. The molecular weight excluding hydrogens is 421 g/mol. The lowest BCUT2D eigenvalue weighted by atomic mass is 10.2. The van der Waals surface area contributed by atoms with Crippen LogP contribution in [0.25, 0.3) is 0 Å². The third kappa shape index (κ3) is 5.82. The molecule has 0 aliphatic heterocycles. The molecular formula is C14H17ClIN3OS. The Hall–Kier alpha value is -0.830. The fourth-order valence-electron chi connectivity index (χ4n) is 1.61. The molecule has 0 fully saturated rings. The molecule has 1 heterocycles. The highest BCUT2D eigenvalue weighted by Gasteiger charge is 2.09. The first-order valence-electron chi connectivity index (χ1n) is 6.11. The van der Waals surface area contributed by atoms with Gasteiger partial charge in [-0.1, -0.05) is 29.3 Å². The van der Waals surface area contributed by atoms with E-state index in [1.165, 1.54) is 16.9 Å². The van der Waals surface area contributed by atoms with E-state index < -0.39 is 6.10 Å². The van der Waals surface area contributed by atoms with E-state index >= 15 is 0 Å². The zero-order valence-electron chi connectivity index (χ0n) is 11.4. The lowest BCUT2D eigenvalue weighted by molar-refractivity contribution is 0.191. The Balaban J connectivity index is 0.00000220. The zero-order chi connectivity index (χ0) is 14.5. The summed E-state index contributed by atoms with van der Waals surface area (Å²) < 4.78 is 0.647. The van der Waals surface area contributed by atoms with Crippen molar-refractivity contribution in [3.8, 4) is 0 Å². The van der Waals surface area contributed by atoms with E-state index in [0.717, 1.165) is 10.6 Å².